The van der Waals surface area contributed by atoms with Crippen molar-refractivity contribution in [3.8, 4) is 5.69 Å². The van der Waals surface area contributed by atoms with Crippen LogP contribution in [0.1, 0.15) is 47.7 Å². The van der Waals surface area contributed by atoms with Gasteiger partial charge in [0.15, 0.2) is 6.29 Å². The van der Waals surface area contributed by atoms with Crippen molar-refractivity contribution in [2.75, 3.05) is 0 Å². The Morgan fingerprint density at radius 3 is 2.53 bits per heavy atom. The van der Waals surface area contributed by atoms with Gasteiger partial charge in [-0.3, -0.25) is 4.79 Å². The molecule has 1 saturated carbocycles. The molecule has 98 valence electrons. The van der Waals surface area contributed by atoms with Crippen molar-refractivity contribution in [1.82, 2.24) is 9.78 Å². The van der Waals surface area contributed by atoms with Gasteiger partial charge in [-0.15, -0.1) is 0 Å². The first-order valence-corrected chi connectivity index (χ1v) is 6.96. The summed E-state index contributed by atoms with van der Waals surface area (Å²) in [7, 11) is 0. The van der Waals surface area contributed by atoms with Gasteiger partial charge in [0.05, 0.1) is 16.9 Å². The number of nitrogens with zero attached hydrogens (tertiary/aromatic N) is 2. The van der Waals surface area contributed by atoms with Crippen LogP contribution in [-0.2, 0) is 0 Å². The zero-order chi connectivity index (χ0) is 13.2. The highest BCUT2D eigenvalue weighted by atomic mass is 35.5. The average molecular weight is 275 g/mol. The molecule has 0 N–H and O–H groups in total. The highest BCUT2D eigenvalue weighted by Gasteiger charge is 2.23. The van der Waals surface area contributed by atoms with Gasteiger partial charge in [0.2, 0.25) is 0 Å². The maximum Gasteiger partial charge on any atom is 0.153 e. The second-order valence-corrected chi connectivity index (χ2v) is 5.43. The summed E-state index contributed by atoms with van der Waals surface area (Å²) in [6.07, 6.45) is 7.46. The summed E-state index contributed by atoms with van der Waals surface area (Å²) in [5, 5.41) is 5.30. The molecule has 1 aliphatic carbocycles. The van der Waals surface area contributed by atoms with Gasteiger partial charge in [0.1, 0.15) is 0 Å². The minimum absolute atomic E-state index is 0.439. The van der Waals surface area contributed by atoms with Crippen LogP contribution >= 0.6 is 11.6 Å². The first-order valence-electron chi connectivity index (χ1n) is 6.58. The van der Waals surface area contributed by atoms with E-state index in [1.54, 1.807) is 4.68 Å². The van der Waals surface area contributed by atoms with Crippen LogP contribution in [0.3, 0.4) is 0 Å². The minimum atomic E-state index is 0.439. The number of halogens is 1. The van der Waals surface area contributed by atoms with Gasteiger partial charge in [-0.05, 0) is 37.1 Å². The first kappa shape index (κ1) is 12.4. The molecular formula is C15H15ClN2O. The molecule has 4 heteroatoms. The van der Waals surface area contributed by atoms with Crippen LogP contribution in [0.25, 0.3) is 5.69 Å². The Morgan fingerprint density at radius 2 is 1.89 bits per heavy atom. The molecule has 0 unspecified atom stereocenters. The zero-order valence-corrected chi connectivity index (χ0v) is 11.3. The van der Waals surface area contributed by atoms with Crippen LogP contribution in [0.15, 0.2) is 30.5 Å². The number of benzene rings is 1. The number of hydrogen-bond donors (Lipinski definition) is 0. The molecule has 19 heavy (non-hydrogen) atoms. The van der Waals surface area contributed by atoms with E-state index in [-0.39, 0.29) is 0 Å². The molecular weight excluding hydrogens is 260 g/mol. The molecule has 0 bridgehead atoms. The molecule has 0 atom stereocenters. The van der Waals surface area contributed by atoms with Gasteiger partial charge < -0.3 is 0 Å². The van der Waals surface area contributed by atoms with E-state index < -0.39 is 0 Å². The van der Waals surface area contributed by atoms with E-state index in [0.29, 0.717) is 16.5 Å². The van der Waals surface area contributed by atoms with E-state index in [1.165, 1.54) is 12.8 Å². The molecule has 0 radical (unpaired) electrons. The van der Waals surface area contributed by atoms with E-state index in [1.807, 2.05) is 30.5 Å². The maximum absolute atomic E-state index is 11.2. The molecule has 0 aliphatic heterocycles. The lowest BCUT2D eigenvalue weighted by molar-refractivity contribution is 0.112. The third-order valence-electron chi connectivity index (χ3n) is 3.73. The Morgan fingerprint density at radius 1 is 1.21 bits per heavy atom. The summed E-state index contributed by atoms with van der Waals surface area (Å²) in [6, 6.07) is 7.47. The number of aldehydes is 1. The highest BCUT2D eigenvalue weighted by Crippen LogP contribution is 2.34. The standard InChI is InChI=1S/C15H15ClN2O/c16-13-5-7-14(8-6-13)18-9-12(10-19)15(17-18)11-3-1-2-4-11/h5-11H,1-4H2. The molecule has 2 aromatic rings. The molecule has 1 aliphatic rings. The van der Waals surface area contributed by atoms with Crippen molar-refractivity contribution in [3.05, 3.63) is 46.7 Å². The SMILES string of the molecule is O=Cc1cn(-c2ccc(Cl)cc2)nc1C1CCCC1. The van der Waals surface area contributed by atoms with Crippen molar-refractivity contribution >= 4 is 17.9 Å². The van der Waals surface area contributed by atoms with E-state index in [2.05, 4.69) is 5.10 Å². The number of carbonyl (C=O) groups is 1. The Bertz CT molecular complexity index is 583. The van der Waals surface area contributed by atoms with Crippen molar-refractivity contribution in [2.45, 2.75) is 31.6 Å². The van der Waals surface area contributed by atoms with Crippen molar-refractivity contribution in [2.24, 2.45) is 0 Å². The number of rotatable bonds is 3. The van der Waals surface area contributed by atoms with Gasteiger partial charge in [0.25, 0.3) is 0 Å². The minimum Gasteiger partial charge on any atom is -0.298 e. The number of aromatic nitrogens is 2. The third-order valence-corrected chi connectivity index (χ3v) is 3.98. The van der Waals surface area contributed by atoms with E-state index in [9.17, 15) is 4.79 Å². The molecule has 1 fully saturated rings. The summed E-state index contributed by atoms with van der Waals surface area (Å²) < 4.78 is 1.77. The molecule has 3 rings (SSSR count). The predicted octanol–water partition coefficient (Wildman–Crippen LogP) is 4.00. The summed E-state index contributed by atoms with van der Waals surface area (Å²) in [5.74, 6) is 0.439. The number of hydrogen-bond acceptors (Lipinski definition) is 2. The molecule has 0 amide bonds. The Labute approximate surface area is 117 Å². The highest BCUT2D eigenvalue weighted by molar-refractivity contribution is 6.30. The topological polar surface area (TPSA) is 34.9 Å². The van der Waals surface area contributed by atoms with E-state index >= 15 is 0 Å². The predicted molar refractivity (Wildman–Crippen MR) is 75.2 cm³/mol. The van der Waals surface area contributed by atoms with Crippen molar-refractivity contribution < 1.29 is 4.79 Å². The first-order chi connectivity index (χ1) is 9.28. The summed E-state index contributed by atoms with van der Waals surface area (Å²) in [6.45, 7) is 0. The smallest absolute Gasteiger partial charge is 0.153 e. The summed E-state index contributed by atoms with van der Waals surface area (Å²) >= 11 is 5.88. The van der Waals surface area contributed by atoms with Crippen LogP contribution in [0.2, 0.25) is 5.02 Å². The van der Waals surface area contributed by atoms with Crippen LogP contribution in [-0.4, -0.2) is 16.1 Å². The second kappa shape index (κ2) is 5.17. The van der Waals surface area contributed by atoms with Gasteiger partial charge in [-0.1, -0.05) is 24.4 Å². The van der Waals surface area contributed by atoms with Crippen LogP contribution in [0.5, 0.6) is 0 Å². The molecule has 1 aromatic carbocycles. The fraction of sp³-hybridized carbons (Fsp3) is 0.333. The second-order valence-electron chi connectivity index (χ2n) is 4.99. The summed E-state index contributed by atoms with van der Waals surface area (Å²) in [4.78, 5) is 11.2. The fourth-order valence-electron chi connectivity index (χ4n) is 2.73. The van der Waals surface area contributed by atoms with Crippen LogP contribution in [0.4, 0.5) is 0 Å². The molecule has 0 spiro atoms. The summed E-state index contributed by atoms with van der Waals surface area (Å²) in [5.41, 5.74) is 2.58. The van der Waals surface area contributed by atoms with Gasteiger partial charge in [0, 0.05) is 17.1 Å². The Balaban J connectivity index is 1.98. The lowest BCUT2D eigenvalue weighted by atomic mass is 10.0. The Hall–Kier alpha value is -1.61. The lowest BCUT2D eigenvalue weighted by Gasteiger charge is -2.05. The number of carbonyl (C=O) groups excluding carboxylic acids is 1. The Kier molecular flexibility index (Phi) is 3.38. The average Bonchev–Trinajstić information content (AvgIpc) is 3.08. The van der Waals surface area contributed by atoms with Crippen molar-refractivity contribution in [3.63, 3.8) is 0 Å². The monoisotopic (exact) mass is 274 g/mol. The fourth-order valence-corrected chi connectivity index (χ4v) is 2.86. The zero-order valence-electron chi connectivity index (χ0n) is 10.6. The maximum atomic E-state index is 11.2. The normalized spacial score (nSPS) is 15.8. The van der Waals surface area contributed by atoms with Crippen LogP contribution in [0, 0.1) is 0 Å². The van der Waals surface area contributed by atoms with Crippen LogP contribution < -0.4 is 0 Å². The third kappa shape index (κ3) is 2.43. The molecule has 3 nitrogen and oxygen atoms in total. The van der Waals surface area contributed by atoms with Gasteiger partial charge in [-0.2, -0.15) is 5.10 Å². The quantitative estimate of drug-likeness (QED) is 0.793. The van der Waals surface area contributed by atoms with Gasteiger partial charge >= 0.3 is 0 Å². The van der Waals surface area contributed by atoms with E-state index in [0.717, 1.165) is 30.5 Å². The largest absolute Gasteiger partial charge is 0.298 e. The lowest BCUT2D eigenvalue weighted by Crippen LogP contribution is -1.99. The molecule has 1 heterocycles. The molecule has 0 saturated heterocycles. The van der Waals surface area contributed by atoms with Crippen molar-refractivity contribution in [1.29, 1.82) is 0 Å². The van der Waals surface area contributed by atoms with Gasteiger partial charge in [-0.25, -0.2) is 4.68 Å². The van der Waals surface area contributed by atoms with E-state index in [4.69, 9.17) is 11.6 Å². The molecule has 1 aromatic heterocycles.